The van der Waals surface area contributed by atoms with Crippen molar-refractivity contribution in [1.82, 2.24) is 15.0 Å². The topological polar surface area (TPSA) is 225 Å². The van der Waals surface area contributed by atoms with E-state index in [4.69, 9.17) is 83.1 Å². The molecule has 2 amide bonds. The third kappa shape index (κ3) is 22.3. The second-order valence-electron chi connectivity index (χ2n) is 20.3. The smallest absolute Gasteiger partial charge is 0.418 e. The number of hydrogen-bond acceptors (Lipinski definition) is 15. The van der Waals surface area contributed by atoms with Crippen LogP contribution in [0, 0.1) is 48.5 Å². The van der Waals surface area contributed by atoms with Gasteiger partial charge in [0.25, 0.3) is 17.1 Å². The largest absolute Gasteiger partial charge is 0.507 e. The molecule has 0 aliphatic rings. The van der Waals surface area contributed by atoms with E-state index in [2.05, 4.69) is 72.9 Å². The van der Waals surface area contributed by atoms with Crippen LogP contribution in [0.5, 0.6) is 23.0 Å². The van der Waals surface area contributed by atoms with Gasteiger partial charge in [-0.1, -0.05) is 80.4 Å². The molecule has 10 rings (SSSR count). The van der Waals surface area contributed by atoms with E-state index >= 15 is 0 Å². The zero-order valence-corrected chi connectivity index (χ0v) is 63.0. The first-order chi connectivity index (χ1) is 45.4. The van der Waals surface area contributed by atoms with Crippen LogP contribution in [0.1, 0.15) is 97.1 Å². The van der Waals surface area contributed by atoms with Gasteiger partial charge in [-0.3, -0.25) is 25.0 Å². The number of aromatic carboxylic acids is 1. The van der Waals surface area contributed by atoms with Gasteiger partial charge in [-0.05, 0) is 184 Å². The molecule has 98 heavy (non-hydrogen) atoms. The highest BCUT2D eigenvalue weighted by atomic mass is 79.9. The van der Waals surface area contributed by atoms with Gasteiger partial charge in [0.2, 0.25) is 0 Å². The highest BCUT2D eigenvalue weighted by Crippen LogP contribution is 2.41. The molecule has 15 nitrogen and oxygen atoms in total. The number of phenols is 1. The van der Waals surface area contributed by atoms with Crippen LogP contribution in [0.3, 0.4) is 0 Å². The van der Waals surface area contributed by atoms with Crippen LogP contribution in [-0.2, 0) is 18.5 Å². The van der Waals surface area contributed by atoms with E-state index in [1.165, 1.54) is 58.6 Å². The molecule has 0 radical (unpaired) electrons. The fraction of sp³-hybridized carbons (Fsp3) is 0.210. The zero-order valence-electron chi connectivity index (χ0n) is 52.0. The molecule has 7 aromatic carbocycles. The van der Waals surface area contributed by atoms with Crippen molar-refractivity contribution in [3.63, 3.8) is 0 Å². The van der Waals surface area contributed by atoms with Crippen molar-refractivity contribution in [2.24, 2.45) is 0 Å². The summed E-state index contributed by atoms with van der Waals surface area (Å²) in [5.41, 5.74) is 8.37. The number of aromatic hydroxyl groups is 1. The maximum Gasteiger partial charge on any atom is 0.418 e. The van der Waals surface area contributed by atoms with E-state index in [0.29, 0.717) is 96.4 Å². The molecule has 0 saturated heterocycles. The molecule has 522 valence electrons. The summed E-state index contributed by atoms with van der Waals surface area (Å²) in [5.74, 6) is -1.22. The average Bonchev–Trinajstić information content (AvgIpc) is 1.63. The molecular weight excluding hydrogens is 1670 g/mol. The van der Waals surface area contributed by atoms with Gasteiger partial charge in [0.05, 0.1) is 85.4 Å². The van der Waals surface area contributed by atoms with E-state index in [1.807, 2.05) is 0 Å². The molecule has 10 aromatic rings. The van der Waals surface area contributed by atoms with Crippen molar-refractivity contribution in [1.29, 1.82) is 0 Å². The number of benzene rings is 7. The van der Waals surface area contributed by atoms with Crippen molar-refractivity contribution in [3.05, 3.63) is 183 Å². The Morgan fingerprint density at radius 2 is 0.847 bits per heavy atom. The summed E-state index contributed by atoms with van der Waals surface area (Å²) in [6, 6.07) is 19.0. The number of carbonyl (C=O) groups is 4. The maximum absolute atomic E-state index is 13.0. The Kier molecular flexibility index (Phi) is 29.2. The number of nitrogens with one attached hydrogen (secondary N) is 2. The second-order valence-corrected chi connectivity index (χ2v) is 31.9. The van der Waals surface area contributed by atoms with Gasteiger partial charge < -0.3 is 30.2 Å². The van der Waals surface area contributed by atoms with Crippen molar-refractivity contribution >= 4 is 212 Å². The lowest BCUT2D eigenvalue weighted by Crippen LogP contribution is -2.13. The van der Waals surface area contributed by atoms with E-state index in [1.54, 1.807) is 65.8 Å². The number of ether oxygens (including phenoxy) is 3. The molecule has 0 aliphatic heterocycles. The number of aromatic nitrogens is 3. The molecule has 0 bridgehead atoms. The van der Waals surface area contributed by atoms with Crippen LogP contribution >= 0.6 is 139 Å². The Balaban J connectivity index is 0.000000226. The molecule has 6 N–H and O–H groups in total. The third-order valence-corrected chi connectivity index (χ3v) is 16.7. The Labute approximate surface area is 615 Å². The summed E-state index contributed by atoms with van der Waals surface area (Å²) >= 11 is 41.0. The van der Waals surface area contributed by atoms with Crippen LogP contribution in [0.4, 0.5) is 54.9 Å². The molecule has 3 aromatic heterocycles. The number of thiazole rings is 3. The lowest BCUT2D eigenvalue weighted by Gasteiger charge is -2.11. The number of aryl methyl sites for hydroxylation is 7. The summed E-state index contributed by atoms with van der Waals surface area (Å²) < 4.78 is 132. The Morgan fingerprint density at radius 3 is 1.23 bits per heavy atom. The number of phenolic OH excluding ortho intramolecular Hbond substituents is 1. The number of anilines is 3. The lowest BCUT2D eigenvalue weighted by atomic mass is 10.1. The van der Waals surface area contributed by atoms with Crippen LogP contribution in [0.15, 0.2) is 84.9 Å². The first-order valence-corrected chi connectivity index (χ1v) is 34.2. The quantitative estimate of drug-likeness (QED) is 0.0516. The molecule has 0 aliphatic carbocycles. The highest BCUT2D eigenvalue weighted by Gasteiger charge is 2.35. The number of hydrogen-bond donors (Lipinski definition) is 5. The number of nitrogens with zero attached hydrogens (tertiary/aromatic N) is 3. The molecule has 0 fully saturated rings. The number of halogens is 17. The van der Waals surface area contributed by atoms with Crippen molar-refractivity contribution < 1.29 is 83.1 Å². The first kappa shape index (κ1) is 82.3. The molecular formula is C62H50BBr3Cl5F9N6O9S3. The number of nitrogen functional groups attached to an aromatic ring is 1. The van der Waals surface area contributed by atoms with Gasteiger partial charge in [-0.25, -0.2) is 19.7 Å². The number of fused-ring (bicyclic) bond motifs is 3. The van der Waals surface area contributed by atoms with Gasteiger partial charge in [0, 0.05) is 20.1 Å². The fourth-order valence-electron chi connectivity index (χ4n) is 8.94. The summed E-state index contributed by atoms with van der Waals surface area (Å²) in [6.07, 6.45) is -13.3. The van der Waals surface area contributed by atoms with E-state index in [9.17, 15) is 63.8 Å². The van der Waals surface area contributed by atoms with Crippen LogP contribution in [-0.4, -0.2) is 72.7 Å². The van der Waals surface area contributed by atoms with Gasteiger partial charge in [-0.2, -0.15) is 39.5 Å². The first-order valence-electron chi connectivity index (χ1n) is 27.1. The number of carboxylic acid groups (broad SMARTS) is 1. The molecule has 0 saturated carbocycles. The number of methoxy groups -OCH3 is 3. The monoisotopic (exact) mass is 1710 g/mol. The summed E-state index contributed by atoms with van der Waals surface area (Å²) in [6.45, 7) is 11.6. The van der Waals surface area contributed by atoms with E-state index in [-0.39, 0.29) is 51.6 Å². The average molecular weight is 1720 g/mol. The van der Waals surface area contributed by atoms with E-state index in [0.717, 1.165) is 69.9 Å². The third-order valence-electron chi connectivity index (χ3n) is 13.0. The minimum Gasteiger partial charge on any atom is -0.507 e. The minimum absolute atomic E-state index is 0.0399. The predicted molar refractivity (Wildman–Crippen MR) is 384 cm³/mol. The zero-order chi connectivity index (χ0) is 74.0. The van der Waals surface area contributed by atoms with Gasteiger partial charge in [0.1, 0.15) is 28.6 Å². The molecule has 0 spiro atoms. The standard InChI is InChI=1S/C18H14ClF3N2O2S.C17H12ClF3N2O2S.C9H8Cl2O2.C9H9ClO3.C9H7F3N2S.BBr3/c1-8-4-10(18(20,21)22)6-13-14(8)23-17(27-13)24-16(25)12-7-11(19)5-9(2)15(12)26-3;1-7-3-9(17(19,20)21)5-12-13(7)22-16(26-12)23-15(25)11-6-10(18)4-8(2)14(11)24;2*1-5-3-6(10)4-7(9(11)12)8(5)13-2;1-4-2-5(9(10,11)12)7-6(3-4)15-8(13)14-7;2-1(3)4/h4-7H,1-3H3,(H,23,24,25);3-6,24H,1-2H3,(H,22,23,25);3-4H,1-2H3;3-4H,1-2H3,(H,11,12);2-3H,1H3,(H2,13,14);. The van der Waals surface area contributed by atoms with Crippen LogP contribution < -0.4 is 30.6 Å². The molecule has 3 heterocycles. The molecule has 0 atom stereocenters. The number of alkyl halides is 9. The predicted octanol–water partition coefficient (Wildman–Crippen LogP) is 22.1. The summed E-state index contributed by atoms with van der Waals surface area (Å²) in [5, 5.41) is 25.4. The van der Waals surface area contributed by atoms with Crippen molar-refractivity contribution in [3.8, 4) is 23.0 Å². The number of amides is 2. The van der Waals surface area contributed by atoms with Crippen molar-refractivity contribution in [2.75, 3.05) is 37.7 Å². The van der Waals surface area contributed by atoms with Gasteiger partial charge in [-0.15, -0.1) is 47.3 Å². The Bertz CT molecular complexity index is 4570. The molecule has 0 unspecified atom stereocenters. The van der Waals surface area contributed by atoms with Crippen molar-refractivity contribution in [2.45, 2.75) is 67.0 Å². The summed E-state index contributed by atoms with van der Waals surface area (Å²) in [4.78, 5) is 58.8. The number of carboxylic acids is 1. The molecule has 36 heteroatoms. The maximum atomic E-state index is 13.0. The summed E-state index contributed by atoms with van der Waals surface area (Å²) in [7, 11) is 4.36. The number of nitrogens with two attached hydrogens (primary N) is 1. The normalized spacial score (nSPS) is 11.1. The Morgan fingerprint density at radius 1 is 0.490 bits per heavy atom. The van der Waals surface area contributed by atoms with Gasteiger partial charge in [0.15, 0.2) is 15.4 Å². The fourth-order valence-corrected chi connectivity index (χ4v) is 13.0. The van der Waals surface area contributed by atoms with Gasteiger partial charge >= 0.3 is 27.7 Å². The minimum atomic E-state index is -4.46. The SMILES string of the molecule is BrB(Br)Br.COc1c(C)cc(Cl)cc1C(=O)Cl.COc1c(C)cc(Cl)cc1C(=O)Nc1nc2c(C)cc(C(F)(F)F)cc2s1.COc1c(C)cc(Cl)cc1C(=O)O.Cc1cc(C(F)(F)F)c2nc(N)sc2c1.Cc1cc(Cl)cc(C(=O)Nc2nc3c(C)cc(C(F)(F)F)cc3s2)c1O. The second kappa shape index (κ2) is 34.8. The van der Waals surface area contributed by atoms with Crippen LogP contribution in [0.2, 0.25) is 20.1 Å². The highest BCUT2D eigenvalue weighted by molar-refractivity contribution is 9.69. The Hall–Kier alpha value is -6.39. The lowest BCUT2D eigenvalue weighted by molar-refractivity contribution is -0.138. The number of carbonyl (C=O) groups excluding carboxylic acids is 3. The van der Waals surface area contributed by atoms with E-state index < -0.39 is 58.2 Å². The van der Waals surface area contributed by atoms with Crippen LogP contribution in [0.25, 0.3) is 30.6 Å². The number of rotatable bonds is 9.